The lowest BCUT2D eigenvalue weighted by molar-refractivity contribution is 0.756. The molecule has 0 radical (unpaired) electrons. The SMILES string of the molecule is c1ccc(-n2c3ccccc3c3ccc(-c4cccc(C5N=C(c6ccc7sc8ccccc8c7c6)NC(c6ccc7sc8ccccc8c7c6)=N5)c4)cc32)cc1. The summed E-state index contributed by atoms with van der Waals surface area (Å²) in [4.78, 5) is 10.7. The first-order chi connectivity index (χ1) is 28.2. The molecular formula is C51H32N4S2. The Morgan fingerprint density at radius 1 is 0.386 bits per heavy atom. The monoisotopic (exact) mass is 764 g/mol. The van der Waals surface area contributed by atoms with Crippen molar-refractivity contribution < 1.29 is 0 Å². The molecule has 0 amide bonds. The van der Waals surface area contributed by atoms with Gasteiger partial charge in [0.15, 0.2) is 6.17 Å². The Morgan fingerprint density at radius 3 is 1.61 bits per heavy atom. The minimum atomic E-state index is -0.444. The molecule has 4 nitrogen and oxygen atoms in total. The molecule has 1 aliphatic heterocycles. The molecule has 0 saturated carbocycles. The fraction of sp³-hybridized carbons (Fsp3) is 0.0196. The van der Waals surface area contributed by atoms with Gasteiger partial charge >= 0.3 is 0 Å². The van der Waals surface area contributed by atoms with Gasteiger partial charge in [0.2, 0.25) is 0 Å². The van der Waals surface area contributed by atoms with Gasteiger partial charge in [-0.3, -0.25) is 0 Å². The highest BCUT2D eigenvalue weighted by Crippen LogP contribution is 2.38. The standard InChI is InChI=1S/C51H32N4S2/c1-2-13-36(14-3-1)55-43-18-7-4-15-37(43)38-24-21-32(30-44(38)55)31-11-10-12-33(27-31)49-52-50(34-22-25-47-41(28-34)39-16-5-8-19-45(39)56-47)54-51(53-49)35-23-26-48-42(29-35)40-17-6-9-20-46(40)57-48/h1-30,49H,(H,52,53,54). The molecule has 0 spiro atoms. The largest absolute Gasteiger partial charge is 0.324 e. The highest BCUT2D eigenvalue weighted by Gasteiger charge is 2.23. The molecule has 8 aromatic carbocycles. The molecule has 0 atom stereocenters. The smallest absolute Gasteiger partial charge is 0.169 e. The third-order valence-corrected chi connectivity index (χ3v) is 13.5. The van der Waals surface area contributed by atoms with Crippen LogP contribution < -0.4 is 5.32 Å². The zero-order valence-electron chi connectivity index (χ0n) is 30.6. The molecule has 57 heavy (non-hydrogen) atoms. The number of thiophene rings is 2. The topological polar surface area (TPSA) is 41.7 Å². The molecule has 11 aromatic rings. The predicted octanol–water partition coefficient (Wildman–Crippen LogP) is 13.7. The van der Waals surface area contributed by atoms with Crippen LogP contribution in [0.1, 0.15) is 22.9 Å². The molecule has 1 N–H and O–H groups in total. The molecule has 0 saturated heterocycles. The number of nitrogens with one attached hydrogen (secondary N) is 1. The lowest BCUT2D eigenvalue weighted by atomic mass is 10.00. The number of hydrogen-bond acceptors (Lipinski definition) is 5. The van der Waals surface area contributed by atoms with Crippen molar-refractivity contribution in [1.82, 2.24) is 9.88 Å². The van der Waals surface area contributed by atoms with Crippen LogP contribution in [0.4, 0.5) is 0 Å². The van der Waals surface area contributed by atoms with Crippen LogP contribution in [0.2, 0.25) is 0 Å². The van der Waals surface area contributed by atoms with Crippen molar-refractivity contribution in [3.8, 4) is 16.8 Å². The van der Waals surface area contributed by atoms with Crippen molar-refractivity contribution >= 4 is 96.5 Å². The number of amidine groups is 2. The van der Waals surface area contributed by atoms with Crippen molar-refractivity contribution in [2.45, 2.75) is 6.17 Å². The lowest BCUT2D eigenvalue weighted by Gasteiger charge is -2.23. The molecular weight excluding hydrogens is 733 g/mol. The summed E-state index contributed by atoms with van der Waals surface area (Å²) < 4.78 is 7.50. The Morgan fingerprint density at radius 2 is 0.930 bits per heavy atom. The maximum atomic E-state index is 5.36. The van der Waals surface area contributed by atoms with Crippen LogP contribution in [0.15, 0.2) is 192 Å². The summed E-state index contributed by atoms with van der Waals surface area (Å²) in [6.45, 7) is 0. The zero-order chi connectivity index (χ0) is 37.5. The van der Waals surface area contributed by atoms with E-state index in [0.29, 0.717) is 0 Å². The van der Waals surface area contributed by atoms with Gasteiger partial charge in [-0.05, 0) is 95.6 Å². The van der Waals surface area contributed by atoms with E-state index in [1.807, 2.05) is 22.7 Å². The predicted molar refractivity (Wildman–Crippen MR) is 244 cm³/mol. The van der Waals surface area contributed by atoms with Gasteiger partial charge in [-0.25, -0.2) is 9.98 Å². The van der Waals surface area contributed by atoms with Crippen LogP contribution >= 0.6 is 22.7 Å². The number of hydrogen-bond donors (Lipinski definition) is 1. The van der Waals surface area contributed by atoms with Crippen LogP contribution in [0.3, 0.4) is 0 Å². The van der Waals surface area contributed by atoms with E-state index in [2.05, 4.69) is 192 Å². The summed E-state index contributed by atoms with van der Waals surface area (Å²) in [6, 6.07) is 65.6. The Kier molecular flexibility index (Phi) is 7.30. The Bertz CT molecular complexity index is 3330. The molecule has 1 aliphatic rings. The van der Waals surface area contributed by atoms with Crippen LogP contribution in [-0.2, 0) is 0 Å². The fourth-order valence-electron chi connectivity index (χ4n) is 8.52. The summed E-state index contributed by atoms with van der Waals surface area (Å²) >= 11 is 3.66. The number of benzene rings is 8. The van der Waals surface area contributed by atoms with Crippen LogP contribution in [-0.4, -0.2) is 16.2 Å². The summed E-state index contributed by atoms with van der Waals surface area (Å²) in [6.07, 6.45) is -0.444. The third-order valence-electron chi connectivity index (χ3n) is 11.2. The maximum Gasteiger partial charge on any atom is 0.169 e. The summed E-state index contributed by atoms with van der Waals surface area (Å²) in [5, 5.41) is 11.2. The summed E-state index contributed by atoms with van der Waals surface area (Å²) in [7, 11) is 0. The average molecular weight is 765 g/mol. The van der Waals surface area contributed by atoms with Crippen molar-refractivity contribution in [3.63, 3.8) is 0 Å². The number of aromatic nitrogens is 1. The van der Waals surface area contributed by atoms with E-state index < -0.39 is 6.17 Å². The van der Waals surface area contributed by atoms with Crippen molar-refractivity contribution in [1.29, 1.82) is 0 Å². The summed E-state index contributed by atoms with van der Waals surface area (Å²) in [5.74, 6) is 1.63. The zero-order valence-corrected chi connectivity index (χ0v) is 32.2. The minimum Gasteiger partial charge on any atom is -0.324 e. The molecule has 0 aliphatic carbocycles. The Balaban J connectivity index is 1.00. The Labute approximate surface area is 336 Å². The van der Waals surface area contributed by atoms with Gasteiger partial charge in [-0.15, -0.1) is 22.7 Å². The first-order valence-corrected chi connectivity index (χ1v) is 20.8. The van der Waals surface area contributed by atoms with Crippen molar-refractivity contribution in [2.24, 2.45) is 9.98 Å². The van der Waals surface area contributed by atoms with E-state index in [4.69, 9.17) is 9.98 Å². The molecule has 3 aromatic heterocycles. The van der Waals surface area contributed by atoms with Gasteiger partial charge < -0.3 is 9.88 Å². The van der Waals surface area contributed by atoms with E-state index in [0.717, 1.165) is 45.2 Å². The van der Waals surface area contributed by atoms with Gasteiger partial charge in [0.05, 0.1) is 11.0 Å². The Hall–Kier alpha value is -6.86. The second-order valence-electron chi connectivity index (χ2n) is 14.6. The molecule has 6 heteroatoms. The van der Waals surface area contributed by atoms with Crippen molar-refractivity contribution in [2.75, 3.05) is 0 Å². The van der Waals surface area contributed by atoms with E-state index in [-0.39, 0.29) is 0 Å². The molecule has 0 fully saturated rings. The van der Waals surface area contributed by atoms with Gasteiger partial charge in [0, 0.05) is 67.9 Å². The quantitative estimate of drug-likeness (QED) is 0.186. The van der Waals surface area contributed by atoms with E-state index in [9.17, 15) is 0 Å². The van der Waals surface area contributed by atoms with Gasteiger partial charge in [0.1, 0.15) is 11.7 Å². The molecule has 268 valence electrons. The highest BCUT2D eigenvalue weighted by molar-refractivity contribution is 7.26. The first kappa shape index (κ1) is 32.4. The van der Waals surface area contributed by atoms with Crippen LogP contribution in [0.5, 0.6) is 0 Å². The minimum absolute atomic E-state index is 0.444. The number of fused-ring (bicyclic) bond motifs is 9. The van der Waals surface area contributed by atoms with Gasteiger partial charge in [-0.2, -0.15) is 0 Å². The number of para-hydroxylation sites is 2. The van der Waals surface area contributed by atoms with Gasteiger partial charge in [0.25, 0.3) is 0 Å². The van der Waals surface area contributed by atoms with Crippen molar-refractivity contribution in [3.05, 3.63) is 199 Å². The van der Waals surface area contributed by atoms with E-state index in [1.165, 1.54) is 62.2 Å². The van der Waals surface area contributed by atoms with E-state index >= 15 is 0 Å². The van der Waals surface area contributed by atoms with E-state index in [1.54, 1.807) is 0 Å². The molecule has 0 unspecified atom stereocenters. The van der Waals surface area contributed by atoms with Crippen LogP contribution in [0, 0.1) is 0 Å². The average Bonchev–Trinajstić information content (AvgIpc) is 3.95. The second-order valence-corrected chi connectivity index (χ2v) is 16.8. The third kappa shape index (κ3) is 5.33. The lowest BCUT2D eigenvalue weighted by Crippen LogP contribution is -2.36. The normalized spacial score (nSPS) is 13.5. The van der Waals surface area contributed by atoms with Gasteiger partial charge in [-0.1, -0.05) is 103 Å². The van der Waals surface area contributed by atoms with Crippen LogP contribution in [0.25, 0.3) is 79.0 Å². The number of nitrogens with zero attached hydrogens (tertiary/aromatic N) is 3. The maximum absolute atomic E-state index is 5.36. The molecule has 4 heterocycles. The molecule has 0 bridgehead atoms. The number of aliphatic imine (C=N–C) groups is 2. The fourth-order valence-corrected chi connectivity index (χ4v) is 10.7. The number of rotatable bonds is 5. The highest BCUT2D eigenvalue weighted by atomic mass is 32.1. The molecule has 12 rings (SSSR count). The second kappa shape index (κ2) is 12.8. The summed E-state index contributed by atoms with van der Waals surface area (Å²) in [5.41, 5.74) is 8.93. The first-order valence-electron chi connectivity index (χ1n) is 19.2.